The van der Waals surface area contributed by atoms with Gasteiger partial charge >= 0.3 is 0 Å². The average molecular weight is 340 g/mol. The summed E-state index contributed by atoms with van der Waals surface area (Å²) >= 11 is 1.78. The van der Waals surface area contributed by atoms with E-state index in [-0.39, 0.29) is 6.54 Å². The predicted octanol–water partition coefficient (Wildman–Crippen LogP) is 1.09. The first kappa shape index (κ1) is 15.7. The Morgan fingerprint density at radius 3 is 2.95 bits per heavy atom. The van der Waals surface area contributed by atoms with Crippen LogP contribution in [0.15, 0.2) is 17.5 Å². The molecule has 1 N–H and O–H groups in total. The number of thiophene rings is 1. The van der Waals surface area contributed by atoms with Crippen LogP contribution in [0.4, 0.5) is 0 Å². The maximum atomic E-state index is 11.3. The van der Waals surface area contributed by atoms with Gasteiger partial charge in [-0.05, 0) is 17.9 Å². The Kier molecular flexibility index (Phi) is 4.35. The fourth-order valence-electron chi connectivity index (χ4n) is 2.81. The fourth-order valence-corrected chi connectivity index (χ4v) is 3.96. The number of hydrogen-bond acceptors (Lipinski definition) is 5. The first-order valence-electron chi connectivity index (χ1n) is 7.15. The van der Waals surface area contributed by atoms with Crippen molar-refractivity contribution in [3.8, 4) is 0 Å². The topological polar surface area (TPSA) is 67.2 Å². The molecule has 0 radical (unpaired) electrons. The van der Waals surface area contributed by atoms with E-state index in [1.54, 1.807) is 11.3 Å². The van der Waals surface area contributed by atoms with Gasteiger partial charge < -0.3 is 0 Å². The van der Waals surface area contributed by atoms with Crippen molar-refractivity contribution < 1.29 is 8.42 Å². The molecule has 22 heavy (non-hydrogen) atoms. The van der Waals surface area contributed by atoms with E-state index >= 15 is 0 Å². The van der Waals surface area contributed by atoms with Crippen LogP contribution in [0, 0.1) is 0 Å². The summed E-state index contributed by atoms with van der Waals surface area (Å²) in [5.41, 5.74) is 3.23. The van der Waals surface area contributed by atoms with Gasteiger partial charge in [0.25, 0.3) is 0 Å². The van der Waals surface area contributed by atoms with Crippen molar-refractivity contribution >= 4 is 21.4 Å². The van der Waals surface area contributed by atoms with E-state index in [0.717, 1.165) is 31.7 Å². The van der Waals surface area contributed by atoms with Crippen LogP contribution in [0.2, 0.25) is 0 Å². The monoisotopic (exact) mass is 340 g/mol. The Bertz CT molecular complexity index is 750. The molecule has 0 amide bonds. The van der Waals surface area contributed by atoms with Gasteiger partial charge in [0, 0.05) is 37.1 Å². The van der Waals surface area contributed by atoms with E-state index < -0.39 is 10.0 Å². The molecule has 6 nitrogen and oxygen atoms in total. The van der Waals surface area contributed by atoms with Gasteiger partial charge in [0.15, 0.2) is 0 Å². The summed E-state index contributed by atoms with van der Waals surface area (Å²) in [6, 6.07) is 4.24. The van der Waals surface area contributed by atoms with Crippen molar-refractivity contribution in [3.05, 3.63) is 39.3 Å². The Morgan fingerprint density at radius 1 is 1.45 bits per heavy atom. The van der Waals surface area contributed by atoms with Crippen molar-refractivity contribution in [1.29, 1.82) is 0 Å². The van der Waals surface area contributed by atoms with Gasteiger partial charge in [-0.15, -0.1) is 11.3 Å². The van der Waals surface area contributed by atoms with Gasteiger partial charge in [-0.2, -0.15) is 5.10 Å². The molecule has 0 atom stereocenters. The fraction of sp³-hybridized carbons (Fsp3) is 0.500. The molecule has 1 aliphatic rings. The number of fused-ring (bicyclic) bond motifs is 1. The van der Waals surface area contributed by atoms with Crippen LogP contribution in [0.5, 0.6) is 0 Å². The molecule has 0 fully saturated rings. The summed E-state index contributed by atoms with van der Waals surface area (Å²) in [4.78, 5) is 3.77. The first-order chi connectivity index (χ1) is 10.4. The van der Waals surface area contributed by atoms with Gasteiger partial charge in [-0.1, -0.05) is 6.07 Å². The molecule has 120 valence electrons. The van der Waals surface area contributed by atoms with Gasteiger partial charge in [0.2, 0.25) is 10.0 Å². The highest BCUT2D eigenvalue weighted by atomic mass is 32.2. The summed E-state index contributed by atoms with van der Waals surface area (Å²) in [6.07, 6.45) is 2.08. The summed E-state index contributed by atoms with van der Waals surface area (Å²) in [7, 11) is -1.26. The van der Waals surface area contributed by atoms with Crippen LogP contribution < -0.4 is 4.72 Å². The van der Waals surface area contributed by atoms with E-state index in [1.807, 2.05) is 11.7 Å². The molecule has 3 rings (SSSR count). The third-order valence-electron chi connectivity index (χ3n) is 3.87. The molecule has 0 bridgehead atoms. The lowest BCUT2D eigenvalue weighted by Crippen LogP contribution is -2.31. The van der Waals surface area contributed by atoms with Gasteiger partial charge in [0.05, 0.1) is 24.2 Å². The number of hydrogen-bond donors (Lipinski definition) is 1. The van der Waals surface area contributed by atoms with Crippen molar-refractivity contribution in [1.82, 2.24) is 19.4 Å². The highest BCUT2D eigenvalue weighted by Gasteiger charge is 2.24. The Balaban J connectivity index is 1.73. The average Bonchev–Trinajstić information content (AvgIpc) is 3.05. The standard InChI is InChI=1S/C14H20N4O2S2/c1-17-14-10-18(9-11-4-3-7-21-11)6-5-12(14)13(16-17)8-15-22(2,19)20/h3-4,7,15H,5-6,8-10H2,1-2H3. The Hall–Kier alpha value is -1.22. The van der Waals surface area contributed by atoms with Crippen molar-refractivity contribution in [2.75, 3.05) is 12.8 Å². The predicted molar refractivity (Wildman–Crippen MR) is 87.0 cm³/mol. The van der Waals surface area contributed by atoms with Gasteiger partial charge in [-0.25, -0.2) is 13.1 Å². The minimum Gasteiger partial charge on any atom is -0.292 e. The molecule has 0 aromatic carbocycles. The molecule has 2 aromatic heterocycles. The minimum atomic E-state index is -3.19. The van der Waals surface area contributed by atoms with Crippen LogP contribution in [0.1, 0.15) is 21.8 Å². The van der Waals surface area contributed by atoms with Crippen LogP contribution in [-0.2, 0) is 43.1 Å². The van der Waals surface area contributed by atoms with Crippen molar-refractivity contribution in [2.45, 2.75) is 26.1 Å². The molecule has 2 aromatic rings. The Labute approximate surface area is 134 Å². The van der Waals surface area contributed by atoms with E-state index in [2.05, 4.69) is 32.2 Å². The minimum absolute atomic E-state index is 0.271. The summed E-state index contributed by atoms with van der Waals surface area (Å²) in [6.45, 7) is 3.06. The quantitative estimate of drug-likeness (QED) is 0.885. The second-order valence-corrected chi connectivity index (χ2v) is 8.49. The summed E-state index contributed by atoms with van der Waals surface area (Å²) in [5.74, 6) is 0. The van der Waals surface area contributed by atoms with Crippen LogP contribution >= 0.6 is 11.3 Å². The molecular formula is C14H20N4O2S2. The highest BCUT2D eigenvalue weighted by Crippen LogP contribution is 2.24. The third kappa shape index (κ3) is 3.57. The molecular weight excluding hydrogens is 320 g/mol. The zero-order valence-electron chi connectivity index (χ0n) is 12.7. The second kappa shape index (κ2) is 6.11. The first-order valence-corrected chi connectivity index (χ1v) is 9.92. The van der Waals surface area contributed by atoms with Crippen LogP contribution in [0.3, 0.4) is 0 Å². The number of sulfonamides is 1. The number of rotatable bonds is 5. The van der Waals surface area contributed by atoms with E-state index in [9.17, 15) is 8.42 Å². The van der Waals surface area contributed by atoms with Crippen LogP contribution in [-0.4, -0.2) is 35.9 Å². The van der Waals surface area contributed by atoms with E-state index in [0.29, 0.717) is 0 Å². The molecule has 8 heteroatoms. The summed E-state index contributed by atoms with van der Waals surface area (Å²) in [5, 5.41) is 6.59. The number of nitrogens with zero attached hydrogens (tertiary/aromatic N) is 3. The van der Waals surface area contributed by atoms with E-state index in [1.165, 1.54) is 22.4 Å². The van der Waals surface area contributed by atoms with Crippen LogP contribution in [0.25, 0.3) is 0 Å². The molecule has 0 saturated carbocycles. The Morgan fingerprint density at radius 2 is 2.27 bits per heavy atom. The lowest BCUT2D eigenvalue weighted by Gasteiger charge is -2.27. The number of aromatic nitrogens is 2. The number of aryl methyl sites for hydroxylation is 1. The zero-order valence-corrected chi connectivity index (χ0v) is 14.4. The zero-order chi connectivity index (χ0) is 15.7. The summed E-state index contributed by atoms with van der Waals surface area (Å²) < 4.78 is 26.9. The van der Waals surface area contributed by atoms with E-state index in [4.69, 9.17) is 0 Å². The SMILES string of the molecule is Cn1nc(CNS(C)(=O)=O)c2c1CN(Cc1cccs1)CC2. The third-order valence-corrected chi connectivity index (χ3v) is 5.40. The number of nitrogens with one attached hydrogen (secondary N) is 1. The molecule has 3 heterocycles. The highest BCUT2D eigenvalue weighted by molar-refractivity contribution is 7.88. The molecule has 0 spiro atoms. The second-order valence-electron chi connectivity index (χ2n) is 5.63. The smallest absolute Gasteiger partial charge is 0.209 e. The molecule has 0 saturated heterocycles. The lowest BCUT2D eigenvalue weighted by molar-refractivity contribution is 0.240. The molecule has 0 aliphatic carbocycles. The maximum Gasteiger partial charge on any atom is 0.209 e. The molecule has 1 aliphatic heterocycles. The van der Waals surface area contributed by atoms with Gasteiger partial charge in [0.1, 0.15) is 0 Å². The van der Waals surface area contributed by atoms with Gasteiger partial charge in [-0.3, -0.25) is 9.58 Å². The largest absolute Gasteiger partial charge is 0.292 e. The lowest BCUT2D eigenvalue weighted by atomic mass is 10.0. The normalized spacial score (nSPS) is 15.9. The van der Waals surface area contributed by atoms with Crippen molar-refractivity contribution in [2.24, 2.45) is 7.05 Å². The molecule has 0 unspecified atom stereocenters. The maximum absolute atomic E-state index is 11.3. The van der Waals surface area contributed by atoms with Crippen molar-refractivity contribution in [3.63, 3.8) is 0 Å².